The van der Waals surface area contributed by atoms with E-state index >= 15 is 0 Å². The fourth-order valence-corrected chi connectivity index (χ4v) is 2.77. The Bertz CT molecular complexity index is 334. The Balaban J connectivity index is 2.01. The van der Waals surface area contributed by atoms with E-state index in [1.807, 2.05) is 12.4 Å². The molecule has 1 aliphatic carbocycles. The third kappa shape index (κ3) is 3.25. The zero-order valence-electron chi connectivity index (χ0n) is 10.7. The minimum Gasteiger partial charge on any atom is -0.330 e. The molecule has 1 aromatic heterocycles. The number of hydrogen-bond donors (Lipinski definition) is 1. The summed E-state index contributed by atoms with van der Waals surface area (Å²) in [6, 6.07) is 0. The van der Waals surface area contributed by atoms with Crippen molar-refractivity contribution >= 4 is 0 Å². The molecule has 1 heterocycles. The molecule has 2 rings (SSSR count). The molecule has 1 aliphatic rings. The van der Waals surface area contributed by atoms with Gasteiger partial charge in [0.25, 0.3) is 0 Å². The quantitative estimate of drug-likeness (QED) is 0.870. The number of nitrogens with two attached hydrogens (primary N) is 1. The summed E-state index contributed by atoms with van der Waals surface area (Å²) in [5, 5.41) is 0. The standard InChI is InChI=1S/C14H23N3/c1-2-11-4-3-5-13(8-11)14-16-9-12(6-7-15)10-17-14/h9-11,13H,2-8,15H2,1H3. The van der Waals surface area contributed by atoms with Crippen LogP contribution < -0.4 is 5.73 Å². The molecule has 3 heteroatoms. The van der Waals surface area contributed by atoms with Crippen molar-refractivity contribution < 1.29 is 0 Å². The van der Waals surface area contributed by atoms with Crippen molar-refractivity contribution in [3.05, 3.63) is 23.8 Å². The Labute approximate surface area is 104 Å². The molecule has 0 saturated heterocycles. The second-order valence-corrected chi connectivity index (χ2v) is 5.13. The summed E-state index contributed by atoms with van der Waals surface area (Å²) in [5.74, 6) is 2.51. The fraction of sp³-hybridized carbons (Fsp3) is 0.714. The topological polar surface area (TPSA) is 51.8 Å². The van der Waals surface area contributed by atoms with Crippen molar-refractivity contribution in [2.45, 2.75) is 51.4 Å². The molecular weight excluding hydrogens is 210 g/mol. The number of rotatable bonds is 4. The van der Waals surface area contributed by atoms with Gasteiger partial charge in [-0.05, 0) is 37.3 Å². The molecule has 0 aromatic carbocycles. The highest BCUT2D eigenvalue weighted by Crippen LogP contribution is 2.35. The lowest BCUT2D eigenvalue weighted by Gasteiger charge is -2.27. The molecule has 0 aliphatic heterocycles. The summed E-state index contributed by atoms with van der Waals surface area (Å²) in [4.78, 5) is 9.05. The summed E-state index contributed by atoms with van der Waals surface area (Å²) >= 11 is 0. The van der Waals surface area contributed by atoms with Crippen LogP contribution >= 0.6 is 0 Å². The van der Waals surface area contributed by atoms with Gasteiger partial charge in [0.1, 0.15) is 5.82 Å². The molecular formula is C14H23N3. The van der Waals surface area contributed by atoms with Crippen LogP contribution in [0.4, 0.5) is 0 Å². The monoisotopic (exact) mass is 233 g/mol. The Hall–Kier alpha value is -0.960. The maximum Gasteiger partial charge on any atom is 0.131 e. The van der Waals surface area contributed by atoms with Crippen molar-refractivity contribution in [2.24, 2.45) is 11.7 Å². The van der Waals surface area contributed by atoms with E-state index in [0.29, 0.717) is 12.5 Å². The van der Waals surface area contributed by atoms with Crippen LogP contribution in [-0.4, -0.2) is 16.5 Å². The lowest BCUT2D eigenvalue weighted by molar-refractivity contribution is 0.307. The molecule has 0 radical (unpaired) electrons. The lowest BCUT2D eigenvalue weighted by Crippen LogP contribution is -2.16. The maximum atomic E-state index is 5.52. The molecule has 2 atom stereocenters. The zero-order valence-corrected chi connectivity index (χ0v) is 10.7. The van der Waals surface area contributed by atoms with Crippen LogP contribution in [0.2, 0.25) is 0 Å². The van der Waals surface area contributed by atoms with E-state index in [-0.39, 0.29) is 0 Å². The van der Waals surface area contributed by atoms with E-state index < -0.39 is 0 Å². The Morgan fingerprint density at radius 2 is 2.06 bits per heavy atom. The van der Waals surface area contributed by atoms with E-state index in [1.165, 1.54) is 32.1 Å². The third-order valence-corrected chi connectivity index (χ3v) is 3.88. The highest BCUT2D eigenvalue weighted by Gasteiger charge is 2.23. The van der Waals surface area contributed by atoms with Gasteiger partial charge in [0, 0.05) is 18.3 Å². The van der Waals surface area contributed by atoms with Gasteiger partial charge in [-0.2, -0.15) is 0 Å². The van der Waals surface area contributed by atoms with E-state index in [2.05, 4.69) is 16.9 Å². The number of hydrogen-bond acceptors (Lipinski definition) is 3. The first-order chi connectivity index (χ1) is 8.33. The fourth-order valence-electron chi connectivity index (χ4n) is 2.77. The van der Waals surface area contributed by atoms with E-state index in [4.69, 9.17) is 5.73 Å². The SMILES string of the molecule is CCC1CCCC(c2ncc(CCN)cn2)C1. The summed E-state index contributed by atoms with van der Waals surface area (Å²) in [6.07, 6.45) is 11.3. The van der Waals surface area contributed by atoms with Gasteiger partial charge in [-0.1, -0.05) is 26.2 Å². The molecule has 0 bridgehead atoms. The van der Waals surface area contributed by atoms with Gasteiger partial charge in [0.2, 0.25) is 0 Å². The Morgan fingerprint density at radius 1 is 1.29 bits per heavy atom. The van der Waals surface area contributed by atoms with Crippen LogP contribution in [-0.2, 0) is 6.42 Å². The molecule has 94 valence electrons. The molecule has 3 nitrogen and oxygen atoms in total. The van der Waals surface area contributed by atoms with Crippen LogP contribution in [0.1, 0.15) is 56.3 Å². The molecule has 17 heavy (non-hydrogen) atoms. The van der Waals surface area contributed by atoms with Crippen LogP contribution in [0.3, 0.4) is 0 Å². The van der Waals surface area contributed by atoms with Crippen molar-refractivity contribution in [1.29, 1.82) is 0 Å². The predicted octanol–water partition coefficient (Wildman–Crippen LogP) is 2.66. The highest BCUT2D eigenvalue weighted by molar-refractivity contribution is 5.08. The van der Waals surface area contributed by atoms with Crippen LogP contribution in [0.25, 0.3) is 0 Å². The van der Waals surface area contributed by atoms with E-state index in [0.717, 1.165) is 23.7 Å². The van der Waals surface area contributed by atoms with Gasteiger partial charge in [0.05, 0.1) is 0 Å². The molecule has 2 N–H and O–H groups in total. The molecule has 2 unspecified atom stereocenters. The Morgan fingerprint density at radius 3 is 2.71 bits per heavy atom. The normalized spacial score (nSPS) is 24.8. The predicted molar refractivity (Wildman–Crippen MR) is 69.8 cm³/mol. The number of nitrogens with zero attached hydrogens (tertiary/aromatic N) is 2. The van der Waals surface area contributed by atoms with Crippen molar-refractivity contribution in [3.63, 3.8) is 0 Å². The van der Waals surface area contributed by atoms with Crippen molar-refractivity contribution in [2.75, 3.05) is 6.54 Å². The van der Waals surface area contributed by atoms with Gasteiger partial charge in [-0.25, -0.2) is 9.97 Å². The molecule has 1 saturated carbocycles. The second kappa shape index (κ2) is 6.10. The van der Waals surface area contributed by atoms with Crippen LogP contribution in [0.5, 0.6) is 0 Å². The third-order valence-electron chi connectivity index (χ3n) is 3.88. The summed E-state index contributed by atoms with van der Waals surface area (Å²) < 4.78 is 0. The number of aromatic nitrogens is 2. The zero-order chi connectivity index (χ0) is 12.1. The average molecular weight is 233 g/mol. The average Bonchev–Trinajstić information content (AvgIpc) is 2.40. The smallest absolute Gasteiger partial charge is 0.131 e. The van der Waals surface area contributed by atoms with Gasteiger partial charge >= 0.3 is 0 Å². The van der Waals surface area contributed by atoms with Crippen molar-refractivity contribution in [1.82, 2.24) is 9.97 Å². The lowest BCUT2D eigenvalue weighted by atomic mass is 9.80. The van der Waals surface area contributed by atoms with Gasteiger partial charge < -0.3 is 5.73 Å². The maximum absolute atomic E-state index is 5.52. The first-order valence-electron chi connectivity index (χ1n) is 6.84. The largest absolute Gasteiger partial charge is 0.330 e. The van der Waals surface area contributed by atoms with Crippen LogP contribution in [0.15, 0.2) is 12.4 Å². The van der Waals surface area contributed by atoms with E-state index in [9.17, 15) is 0 Å². The molecule has 0 amide bonds. The summed E-state index contributed by atoms with van der Waals surface area (Å²) in [7, 11) is 0. The van der Waals surface area contributed by atoms with Gasteiger partial charge in [0.15, 0.2) is 0 Å². The van der Waals surface area contributed by atoms with E-state index in [1.54, 1.807) is 0 Å². The highest BCUT2D eigenvalue weighted by atomic mass is 14.9. The summed E-state index contributed by atoms with van der Waals surface area (Å²) in [6.45, 7) is 2.96. The first-order valence-corrected chi connectivity index (χ1v) is 6.84. The first kappa shape index (κ1) is 12.5. The Kier molecular flexibility index (Phi) is 4.49. The molecule has 1 aromatic rings. The second-order valence-electron chi connectivity index (χ2n) is 5.13. The minimum absolute atomic E-state index is 0.584. The van der Waals surface area contributed by atoms with Gasteiger partial charge in [-0.15, -0.1) is 0 Å². The molecule has 1 fully saturated rings. The summed E-state index contributed by atoms with van der Waals surface area (Å²) in [5.41, 5.74) is 6.67. The minimum atomic E-state index is 0.584. The van der Waals surface area contributed by atoms with Crippen molar-refractivity contribution in [3.8, 4) is 0 Å². The van der Waals surface area contributed by atoms with Gasteiger partial charge in [-0.3, -0.25) is 0 Å². The molecule has 0 spiro atoms. The van der Waals surface area contributed by atoms with Crippen LogP contribution in [0, 0.1) is 5.92 Å².